The zero-order chi connectivity index (χ0) is 27.5. The maximum atomic E-state index is 13.6. The van der Waals surface area contributed by atoms with Crippen molar-refractivity contribution >= 4 is 29.3 Å². The van der Waals surface area contributed by atoms with Crippen molar-refractivity contribution in [3.63, 3.8) is 0 Å². The average molecular weight is 539 g/mol. The van der Waals surface area contributed by atoms with Gasteiger partial charge < -0.3 is 25.4 Å². The van der Waals surface area contributed by atoms with Crippen molar-refractivity contribution in [2.75, 3.05) is 21.3 Å². The summed E-state index contributed by atoms with van der Waals surface area (Å²) >= 11 is 6.17. The number of methoxy groups -OCH3 is 2. The standard InChI is InChI=1S/C28H31ClN4O5/c1-30-24(34)17-23(19-10-7-11-20(29)16-19)32-27(36)22(14-12-18-8-5-4-6-9-18)31-26(35)21-13-15-25(37-2)33-28(21)38-3/h4-11,13,15-16,22-23H,12,14,17H2,1-3H3,(H,30,34)(H,31,35)(H,32,36)/t22-,23?/m1/s1. The molecule has 0 fully saturated rings. The first-order chi connectivity index (χ1) is 18.3. The molecule has 1 unspecified atom stereocenters. The molecular formula is C28H31ClN4O5. The molecule has 0 aliphatic rings. The Morgan fingerprint density at radius 1 is 0.947 bits per heavy atom. The largest absolute Gasteiger partial charge is 0.481 e. The molecule has 0 aliphatic heterocycles. The van der Waals surface area contributed by atoms with E-state index in [9.17, 15) is 14.4 Å². The number of aryl methyl sites for hydroxylation is 1. The molecule has 1 aromatic heterocycles. The Labute approximate surface area is 226 Å². The number of nitrogens with zero attached hydrogens (tertiary/aromatic N) is 1. The van der Waals surface area contributed by atoms with Crippen molar-refractivity contribution in [3.8, 4) is 11.8 Å². The Balaban J connectivity index is 1.86. The first kappa shape index (κ1) is 28.5. The van der Waals surface area contributed by atoms with E-state index in [4.69, 9.17) is 21.1 Å². The summed E-state index contributed by atoms with van der Waals surface area (Å²) < 4.78 is 10.4. The number of nitrogens with one attached hydrogen (secondary N) is 3. The minimum absolute atomic E-state index is 0.00183. The molecule has 2 atom stereocenters. The second-order valence-electron chi connectivity index (χ2n) is 8.45. The van der Waals surface area contributed by atoms with E-state index in [-0.39, 0.29) is 29.7 Å². The van der Waals surface area contributed by atoms with E-state index in [1.54, 1.807) is 24.3 Å². The number of rotatable bonds is 12. The molecule has 3 N–H and O–H groups in total. The lowest BCUT2D eigenvalue weighted by atomic mass is 10.0. The van der Waals surface area contributed by atoms with Crippen LogP contribution in [0.25, 0.3) is 0 Å². The molecule has 10 heteroatoms. The molecule has 0 aliphatic carbocycles. The Kier molecular flexibility index (Phi) is 10.5. The zero-order valence-electron chi connectivity index (χ0n) is 21.5. The van der Waals surface area contributed by atoms with Crippen LogP contribution in [0.4, 0.5) is 0 Å². The monoisotopic (exact) mass is 538 g/mol. The smallest absolute Gasteiger partial charge is 0.257 e. The number of ether oxygens (including phenoxy) is 2. The van der Waals surface area contributed by atoms with Gasteiger partial charge in [0.15, 0.2) is 0 Å². The fraction of sp³-hybridized carbons (Fsp3) is 0.286. The van der Waals surface area contributed by atoms with Gasteiger partial charge >= 0.3 is 0 Å². The van der Waals surface area contributed by atoms with Gasteiger partial charge in [-0.2, -0.15) is 4.98 Å². The van der Waals surface area contributed by atoms with Gasteiger partial charge in [0.05, 0.1) is 26.7 Å². The molecule has 3 aromatic rings. The molecule has 2 aromatic carbocycles. The molecule has 200 valence electrons. The third kappa shape index (κ3) is 7.94. The van der Waals surface area contributed by atoms with Gasteiger partial charge in [-0.3, -0.25) is 14.4 Å². The Bertz CT molecular complexity index is 1260. The van der Waals surface area contributed by atoms with Crippen LogP contribution in [0.5, 0.6) is 11.8 Å². The van der Waals surface area contributed by atoms with Crippen LogP contribution in [-0.2, 0) is 16.0 Å². The first-order valence-corrected chi connectivity index (χ1v) is 12.4. The number of hydrogen-bond donors (Lipinski definition) is 3. The number of hydrogen-bond acceptors (Lipinski definition) is 6. The lowest BCUT2D eigenvalue weighted by Crippen LogP contribution is -2.48. The van der Waals surface area contributed by atoms with Crippen LogP contribution >= 0.6 is 11.6 Å². The van der Waals surface area contributed by atoms with E-state index >= 15 is 0 Å². The number of halogens is 1. The topological polar surface area (TPSA) is 119 Å². The molecular weight excluding hydrogens is 508 g/mol. The van der Waals surface area contributed by atoms with Crippen LogP contribution in [0.2, 0.25) is 5.02 Å². The molecule has 0 saturated carbocycles. The summed E-state index contributed by atoms with van der Waals surface area (Å²) in [5, 5.41) is 8.80. The van der Waals surface area contributed by atoms with E-state index < -0.39 is 23.9 Å². The van der Waals surface area contributed by atoms with Gasteiger partial charge in [-0.25, -0.2) is 0 Å². The van der Waals surface area contributed by atoms with Gasteiger partial charge in [-0.05, 0) is 42.2 Å². The first-order valence-electron chi connectivity index (χ1n) is 12.0. The van der Waals surface area contributed by atoms with Gasteiger partial charge in [0, 0.05) is 18.1 Å². The van der Waals surface area contributed by atoms with Crippen LogP contribution < -0.4 is 25.4 Å². The molecule has 0 radical (unpaired) electrons. The van der Waals surface area contributed by atoms with Gasteiger partial charge in [-0.1, -0.05) is 54.1 Å². The third-order valence-electron chi connectivity index (χ3n) is 5.90. The maximum absolute atomic E-state index is 13.6. The second-order valence-corrected chi connectivity index (χ2v) is 8.89. The minimum Gasteiger partial charge on any atom is -0.481 e. The number of pyridine rings is 1. The van der Waals surface area contributed by atoms with Crippen molar-refractivity contribution in [3.05, 3.63) is 88.4 Å². The Hall–Kier alpha value is -4.11. The predicted octanol–water partition coefficient (Wildman–Crippen LogP) is 3.48. The summed E-state index contributed by atoms with van der Waals surface area (Å²) in [4.78, 5) is 43.2. The minimum atomic E-state index is -0.916. The fourth-order valence-corrected chi connectivity index (χ4v) is 4.06. The highest BCUT2D eigenvalue weighted by Crippen LogP contribution is 2.22. The summed E-state index contributed by atoms with van der Waals surface area (Å²) in [5.41, 5.74) is 1.84. The van der Waals surface area contributed by atoms with Crippen LogP contribution in [-0.4, -0.2) is 50.0 Å². The van der Waals surface area contributed by atoms with Crippen molar-refractivity contribution in [2.24, 2.45) is 0 Å². The van der Waals surface area contributed by atoms with Crippen LogP contribution in [0.1, 0.15) is 40.4 Å². The molecule has 3 amide bonds. The lowest BCUT2D eigenvalue weighted by molar-refractivity contribution is -0.125. The fourth-order valence-electron chi connectivity index (χ4n) is 3.86. The van der Waals surface area contributed by atoms with E-state index in [1.807, 2.05) is 30.3 Å². The summed E-state index contributed by atoms with van der Waals surface area (Å²) in [6, 6.07) is 18.1. The highest BCUT2D eigenvalue weighted by Gasteiger charge is 2.27. The van der Waals surface area contributed by atoms with Crippen LogP contribution in [0, 0.1) is 0 Å². The molecule has 0 bridgehead atoms. The summed E-state index contributed by atoms with van der Waals surface area (Å²) in [6.45, 7) is 0. The van der Waals surface area contributed by atoms with Gasteiger partial charge in [0.2, 0.25) is 23.6 Å². The quantitative estimate of drug-likeness (QED) is 0.325. The summed E-state index contributed by atoms with van der Waals surface area (Å²) in [6.07, 6.45) is 0.850. The van der Waals surface area contributed by atoms with Crippen molar-refractivity contribution < 1.29 is 23.9 Å². The highest BCUT2D eigenvalue weighted by atomic mass is 35.5. The number of amides is 3. The van der Waals surface area contributed by atoms with Crippen molar-refractivity contribution in [2.45, 2.75) is 31.3 Å². The molecule has 1 heterocycles. The van der Waals surface area contributed by atoms with Crippen LogP contribution in [0.3, 0.4) is 0 Å². The van der Waals surface area contributed by atoms with Gasteiger partial charge in [0.25, 0.3) is 5.91 Å². The van der Waals surface area contributed by atoms with E-state index in [1.165, 1.54) is 33.4 Å². The number of carbonyl (C=O) groups excluding carboxylic acids is 3. The molecule has 38 heavy (non-hydrogen) atoms. The van der Waals surface area contributed by atoms with Crippen molar-refractivity contribution in [1.29, 1.82) is 0 Å². The Morgan fingerprint density at radius 2 is 1.71 bits per heavy atom. The summed E-state index contributed by atoms with van der Waals surface area (Å²) in [7, 11) is 4.38. The summed E-state index contributed by atoms with van der Waals surface area (Å²) in [5.74, 6) is -0.871. The van der Waals surface area contributed by atoms with Gasteiger partial charge in [-0.15, -0.1) is 0 Å². The van der Waals surface area contributed by atoms with Gasteiger partial charge in [0.1, 0.15) is 11.6 Å². The molecule has 0 saturated heterocycles. The SMILES string of the molecule is CNC(=O)CC(NC(=O)[C@@H](CCc1ccccc1)NC(=O)c1ccc(OC)nc1OC)c1cccc(Cl)c1. The normalized spacial score (nSPS) is 12.1. The highest BCUT2D eigenvalue weighted by molar-refractivity contribution is 6.30. The molecule has 9 nitrogen and oxygen atoms in total. The lowest BCUT2D eigenvalue weighted by Gasteiger charge is -2.24. The zero-order valence-corrected chi connectivity index (χ0v) is 22.2. The number of benzene rings is 2. The predicted molar refractivity (Wildman–Crippen MR) is 144 cm³/mol. The van der Waals surface area contributed by atoms with E-state index in [0.29, 0.717) is 23.4 Å². The third-order valence-corrected chi connectivity index (χ3v) is 6.14. The van der Waals surface area contributed by atoms with E-state index in [0.717, 1.165) is 5.56 Å². The Morgan fingerprint density at radius 3 is 2.37 bits per heavy atom. The number of carbonyl (C=O) groups is 3. The van der Waals surface area contributed by atoms with Crippen molar-refractivity contribution in [1.82, 2.24) is 20.9 Å². The molecule has 0 spiro atoms. The average Bonchev–Trinajstić information content (AvgIpc) is 2.94. The second kappa shape index (κ2) is 14.0. The maximum Gasteiger partial charge on any atom is 0.257 e. The van der Waals surface area contributed by atoms with E-state index in [2.05, 4.69) is 20.9 Å². The number of aromatic nitrogens is 1. The van der Waals surface area contributed by atoms with Crippen LogP contribution in [0.15, 0.2) is 66.7 Å². The molecule has 3 rings (SSSR count).